The monoisotopic (exact) mass is 136 g/mol. The molecule has 0 unspecified atom stereocenters. The molecule has 0 fully saturated rings. The first-order valence-electron chi connectivity index (χ1n) is 2.56. The summed E-state index contributed by atoms with van der Waals surface area (Å²) in [6, 6.07) is 4.68. The van der Waals surface area contributed by atoms with Gasteiger partial charge in [0.15, 0.2) is 0 Å². The first-order chi connectivity index (χ1) is 4.75. The maximum Gasteiger partial charge on any atom is 0.416 e. The van der Waals surface area contributed by atoms with E-state index in [4.69, 9.17) is 10.4 Å². The normalized spacial score (nSPS) is 8.70. The van der Waals surface area contributed by atoms with Gasteiger partial charge in [-0.3, -0.25) is 0 Å². The summed E-state index contributed by atoms with van der Waals surface area (Å²) >= 11 is 0. The van der Waals surface area contributed by atoms with E-state index < -0.39 is 6.09 Å². The van der Waals surface area contributed by atoms with Crippen LogP contribution >= 0.6 is 0 Å². The standard InChI is InChI=1S/C6H4N2O2/c7-4-5-2-1-3-8(5)6(9)10/h1-3H,(H,9,10). The van der Waals surface area contributed by atoms with E-state index in [2.05, 4.69) is 0 Å². The lowest BCUT2D eigenvalue weighted by molar-refractivity contribution is 0.196. The van der Waals surface area contributed by atoms with Crippen LogP contribution in [0.3, 0.4) is 0 Å². The SMILES string of the molecule is N#Cc1cccn1C(=O)O. The Bertz CT molecular complexity index is 295. The van der Waals surface area contributed by atoms with Crippen LogP contribution in [0.2, 0.25) is 0 Å². The smallest absolute Gasteiger partial charge is 0.416 e. The van der Waals surface area contributed by atoms with E-state index in [0.29, 0.717) is 0 Å². The van der Waals surface area contributed by atoms with Gasteiger partial charge in [0.2, 0.25) is 0 Å². The maximum absolute atomic E-state index is 10.3. The van der Waals surface area contributed by atoms with Gasteiger partial charge in [0, 0.05) is 6.20 Å². The molecule has 0 aliphatic heterocycles. The van der Waals surface area contributed by atoms with Crippen LogP contribution < -0.4 is 0 Å². The minimum atomic E-state index is -1.14. The first-order valence-corrected chi connectivity index (χ1v) is 2.56. The average molecular weight is 136 g/mol. The lowest BCUT2D eigenvalue weighted by Gasteiger charge is -1.92. The number of hydrogen-bond acceptors (Lipinski definition) is 2. The molecule has 0 spiro atoms. The molecular formula is C6H4N2O2. The molecule has 50 valence electrons. The molecular weight excluding hydrogens is 132 g/mol. The van der Waals surface area contributed by atoms with Gasteiger partial charge in [-0.1, -0.05) is 0 Å². The third kappa shape index (κ3) is 0.845. The van der Waals surface area contributed by atoms with Crippen molar-refractivity contribution in [3.63, 3.8) is 0 Å². The molecule has 1 aromatic heterocycles. The minimum Gasteiger partial charge on any atom is -0.464 e. The zero-order valence-corrected chi connectivity index (χ0v) is 4.98. The molecule has 0 saturated heterocycles. The second-order valence-corrected chi connectivity index (χ2v) is 1.66. The Hall–Kier alpha value is -1.76. The number of nitrogens with zero attached hydrogens (tertiary/aromatic N) is 2. The van der Waals surface area contributed by atoms with Crippen LogP contribution in [-0.2, 0) is 0 Å². The second-order valence-electron chi connectivity index (χ2n) is 1.66. The van der Waals surface area contributed by atoms with Crippen molar-refractivity contribution >= 4 is 6.09 Å². The van der Waals surface area contributed by atoms with Crippen molar-refractivity contribution in [2.75, 3.05) is 0 Å². The fourth-order valence-corrected chi connectivity index (χ4v) is 0.639. The molecule has 4 nitrogen and oxygen atoms in total. The molecule has 0 aromatic carbocycles. The molecule has 1 N–H and O–H groups in total. The van der Waals surface area contributed by atoms with Crippen molar-refractivity contribution in [2.45, 2.75) is 0 Å². The summed E-state index contributed by atoms with van der Waals surface area (Å²) < 4.78 is 0.861. The van der Waals surface area contributed by atoms with Gasteiger partial charge in [0.25, 0.3) is 0 Å². The first kappa shape index (κ1) is 6.36. The molecule has 0 bridgehead atoms. The highest BCUT2D eigenvalue weighted by Crippen LogP contribution is 1.98. The van der Waals surface area contributed by atoms with Crippen molar-refractivity contribution in [1.29, 1.82) is 5.26 Å². The third-order valence-electron chi connectivity index (χ3n) is 1.07. The highest BCUT2D eigenvalue weighted by atomic mass is 16.4. The average Bonchev–Trinajstić information content (AvgIpc) is 2.33. The topological polar surface area (TPSA) is 66.0 Å². The third-order valence-corrected chi connectivity index (χ3v) is 1.07. The Morgan fingerprint density at radius 3 is 2.90 bits per heavy atom. The van der Waals surface area contributed by atoms with E-state index in [9.17, 15) is 4.79 Å². The molecule has 1 aromatic rings. The van der Waals surface area contributed by atoms with E-state index in [0.717, 1.165) is 4.57 Å². The number of rotatable bonds is 0. The van der Waals surface area contributed by atoms with Gasteiger partial charge >= 0.3 is 6.09 Å². The highest BCUT2D eigenvalue weighted by Gasteiger charge is 2.03. The summed E-state index contributed by atoms with van der Waals surface area (Å²) in [6.07, 6.45) is 0.183. The number of carboxylic acid groups (broad SMARTS) is 1. The van der Waals surface area contributed by atoms with Crippen molar-refractivity contribution in [3.8, 4) is 6.07 Å². The Labute approximate surface area is 56.9 Å². The van der Waals surface area contributed by atoms with E-state index in [1.54, 1.807) is 6.07 Å². The Morgan fingerprint density at radius 2 is 2.50 bits per heavy atom. The van der Waals surface area contributed by atoms with Crippen LogP contribution in [0.25, 0.3) is 0 Å². The van der Waals surface area contributed by atoms with Crippen LogP contribution in [0.1, 0.15) is 5.69 Å². The van der Waals surface area contributed by atoms with Crippen LogP contribution in [-0.4, -0.2) is 15.8 Å². The molecule has 0 radical (unpaired) electrons. The lowest BCUT2D eigenvalue weighted by atomic mass is 10.5. The molecule has 10 heavy (non-hydrogen) atoms. The molecule has 0 aliphatic carbocycles. The molecule has 4 heteroatoms. The van der Waals surface area contributed by atoms with Crippen molar-refractivity contribution < 1.29 is 9.90 Å². The number of carbonyl (C=O) groups is 1. The van der Waals surface area contributed by atoms with Gasteiger partial charge in [-0.2, -0.15) is 5.26 Å². The van der Waals surface area contributed by atoms with E-state index >= 15 is 0 Å². The van der Waals surface area contributed by atoms with Gasteiger partial charge in [-0.15, -0.1) is 0 Å². The van der Waals surface area contributed by atoms with Crippen LogP contribution in [0.4, 0.5) is 4.79 Å². The van der Waals surface area contributed by atoms with E-state index in [-0.39, 0.29) is 5.69 Å². The van der Waals surface area contributed by atoms with Crippen LogP contribution in [0.15, 0.2) is 18.3 Å². The summed E-state index contributed by atoms with van der Waals surface area (Å²) in [5.41, 5.74) is 0.132. The number of aromatic nitrogens is 1. The molecule has 0 atom stereocenters. The summed E-state index contributed by atoms with van der Waals surface area (Å²) in [6.45, 7) is 0. The molecule has 0 saturated carbocycles. The fraction of sp³-hybridized carbons (Fsp3) is 0. The summed E-state index contributed by atoms with van der Waals surface area (Å²) in [5, 5.41) is 16.7. The number of nitriles is 1. The number of hydrogen-bond donors (Lipinski definition) is 1. The van der Waals surface area contributed by atoms with Gasteiger partial charge in [0.05, 0.1) is 0 Å². The maximum atomic E-state index is 10.3. The van der Waals surface area contributed by atoms with Crippen molar-refractivity contribution in [3.05, 3.63) is 24.0 Å². The summed E-state index contributed by atoms with van der Waals surface area (Å²) in [7, 11) is 0. The lowest BCUT2D eigenvalue weighted by Crippen LogP contribution is -2.07. The predicted octanol–water partition coefficient (Wildman–Crippen LogP) is 0.886. The zero-order chi connectivity index (χ0) is 7.56. The van der Waals surface area contributed by atoms with Gasteiger partial charge in [-0.05, 0) is 12.1 Å². The van der Waals surface area contributed by atoms with E-state index in [1.807, 2.05) is 0 Å². The minimum absolute atomic E-state index is 0.132. The van der Waals surface area contributed by atoms with Gasteiger partial charge in [-0.25, -0.2) is 9.36 Å². The Balaban J connectivity index is 3.17. The van der Waals surface area contributed by atoms with E-state index in [1.165, 1.54) is 18.3 Å². The van der Waals surface area contributed by atoms with Gasteiger partial charge in [0.1, 0.15) is 11.8 Å². The molecule has 1 rings (SSSR count). The Morgan fingerprint density at radius 1 is 1.80 bits per heavy atom. The van der Waals surface area contributed by atoms with Gasteiger partial charge < -0.3 is 5.11 Å². The fourth-order valence-electron chi connectivity index (χ4n) is 0.639. The quantitative estimate of drug-likeness (QED) is 0.575. The summed E-state index contributed by atoms with van der Waals surface area (Å²) in [5.74, 6) is 0. The van der Waals surface area contributed by atoms with Crippen molar-refractivity contribution in [1.82, 2.24) is 4.57 Å². The second kappa shape index (κ2) is 2.23. The largest absolute Gasteiger partial charge is 0.464 e. The predicted molar refractivity (Wildman–Crippen MR) is 32.6 cm³/mol. The van der Waals surface area contributed by atoms with Crippen LogP contribution in [0.5, 0.6) is 0 Å². The Kier molecular flexibility index (Phi) is 1.42. The highest BCUT2D eigenvalue weighted by molar-refractivity contribution is 5.70. The molecule has 1 heterocycles. The van der Waals surface area contributed by atoms with Crippen LogP contribution in [0, 0.1) is 11.3 Å². The zero-order valence-electron chi connectivity index (χ0n) is 4.98. The summed E-state index contributed by atoms with van der Waals surface area (Å²) in [4.78, 5) is 10.3. The molecule has 0 amide bonds. The van der Waals surface area contributed by atoms with Crippen molar-refractivity contribution in [2.24, 2.45) is 0 Å². The molecule has 0 aliphatic rings.